The number of carbonyl (C=O) groups excluding carboxylic acids is 3. The summed E-state index contributed by atoms with van der Waals surface area (Å²) in [6, 6.07) is 13.9. The van der Waals surface area contributed by atoms with Gasteiger partial charge < -0.3 is 25.3 Å². The molecule has 1 aliphatic heterocycles. The number of aromatic nitrogens is 2. The predicted molar refractivity (Wildman–Crippen MR) is 180 cm³/mol. The molecule has 11 heteroatoms. The summed E-state index contributed by atoms with van der Waals surface area (Å²) in [5, 5.41) is 27.0. The number of aliphatic hydroxyl groups excluding tert-OH is 1. The fraction of sp³-hybridized carbons (Fsp3) is 0.472. The Hall–Kier alpha value is -4.51. The summed E-state index contributed by atoms with van der Waals surface area (Å²) in [6.07, 6.45) is 4.20. The topological polar surface area (TPSA) is 145 Å². The van der Waals surface area contributed by atoms with Crippen molar-refractivity contribution in [1.29, 1.82) is 0 Å². The van der Waals surface area contributed by atoms with Gasteiger partial charge in [-0.3, -0.25) is 19.2 Å². The standard InChI is InChI=1S/C36H47N5O6/c1-5-7-16-39(17-8-6-2)36(47)30-21-25(4)41(38-30)31-14-13-27(37-33(43)19-24(3)20-34(44)45)22-29(31)35(46)40-18-15-26-11-9-10-12-28(26)32(40)23-42/h9-14,21-22,24,32,42H,5-8,15-20,23H2,1-4H3,(H,37,43)(H,44,45)/t24?,32-/m1/s1. The van der Waals surface area contributed by atoms with E-state index in [1.807, 2.05) is 36.1 Å². The molecule has 0 aliphatic carbocycles. The molecule has 1 aliphatic rings. The van der Waals surface area contributed by atoms with E-state index in [9.17, 15) is 24.3 Å². The van der Waals surface area contributed by atoms with Gasteiger partial charge in [-0.25, -0.2) is 4.68 Å². The molecular weight excluding hydrogens is 598 g/mol. The Kier molecular flexibility index (Phi) is 12.3. The number of rotatable bonds is 15. The molecule has 252 valence electrons. The zero-order valence-corrected chi connectivity index (χ0v) is 27.9. The molecule has 2 heterocycles. The van der Waals surface area contributed by atoms with Crippen LogP contribution in [0, 0.1) is 12.8 Å². The van der Waals surface area contributed by atoms with E-state index in [4.69, 9.17) is 10.2 Å². The van der Waals surface area contributed by atoms with Crippen LogP contribution >= 0.6 is 0 Å². The highest BCUT2D eigenvalue weighted by Crippen LogP contribution is 2.33. The molecule has 0 bridgehead atoms. The highest BCUT2D eigenvalue weighted by molar-refractivity contribution is 6.01. The van der Waals surface area contributed by atoms with Gasteiger partial charge in [0, 0.05) is 43.9 Å². The molecule has 0 fully saturated rings. The van der Waals surface area contributed by atoms with E-state index in [0.717, 1.165) is 36.8 Å². The quantitative estimate of drug-likeness (QED) is 0.201. The van der Waals surface area contributed by atoms with Gasteiger partial charge in [-0.15, -0.1) is 0 Å². The van der Waals surface area contributed by atoms with Crippen LogP contribution in [0.15, 0.2) is 48.5 Å². The van der Waals surface area contributed by atoms with Crippen molar-refractivity contribution in [2.75, 3.05) is 31.6 Å². The lowest BCUT2D eigenvalue weighted by Crippen LogP contribution is -2.42. The summed E-state index contributed by atoms with van der Waals surface area (Å²) < 4.78 is 1.59. The average Bonchev–Trinajstić information content (AvgIpc) is 3.44. The van der Waals surface area contributed by atoms with Crippen LogP contribution in [-0.2, 0) is 16.0 Å². The van der Waals surface area contributed by atoms with Crippen LogP contribution in [0.1, 0.15) is 103 Å². The number of carboxylic acids is 1. The smallest absolute Gasteiger partial charge is 0.303 e. The van der Waals surface area contributed by atoms with E-state index in [1.165, 1.54) is 0 Å². The molecule has 1 aromatic heterocycles. The molecule has 0 saturated carbocycles. The Morgan fingerprint density at radius 3 is 2.38 bits per heavy atom. The highest BCUT2D eigenvalue weighted by atomic mass is 16.4. The number of aryl methyl sites for hydroxylation is 1. The van der Waals surface area contributed by atoms with Gasteiger partial charge in [0.15, 0.2) is 5.69 Å². The first-order chi connectivity index (χ1) is 22.6. The minimum absolute atomic E-state index is 0.00310. The van der Waals surface area contributed by atoms with Gasteiger partial charge in [0.05, 0.1) is 23.9 Å². The molecule has 1 unspecified atom stereocenters. The first-order valence-electron chi connectivity index (χ1n) is 16.6. The van der Waals surface area contributed by atoms with E-state index in [-0.39, 0.29) is 54.3 Å². The van der Waals surface area contributed by atoms with Crippen molar-refractivity contribution >= 4 is 29.4 Å². The molecule has 0 saturated heterocycles. The second kappa shape index (κ2) is 16.4. The number of hydrogen-bond donors (Lipinski definition) is 3. The second-order valence-corrected chi connectivity index (χ2v) is 12.4. The Balaban J connectivity index is 1.73. The van der Waals surface area contributed by atoms with Crippen molar-refractivity contribution in [3.05, 3.63) is 76.6 Å². The molecular formula is C36H47N5O6. The monoisotopic (exact) mass is 645 g/mol. The van der Waals surface area contributed by atoms with Crippen LogP contribution < -0.4 is 5.32 Å². The van der Waals surface area contributed by atoms with Gasteiger partial charge in [-0.05, 0) is 67.5 Å². The number of benzene rings is 2. The number of aliphatic carboxylic acids is 1. The summed E-state index contributed by atoms with van der Waals surface area (Å²) in [6.45, 7) is 9.10. The average molecular weight is 646 g/mol. The number of nitrogens with one attached hydrogen (secondary N) is 1. The zero-order valence-electron chi connectivity index (χ0n) is 27.9. The third kappa shape index (κ3) is 8.65. The maximum atomic E-state index is 14.4. The first-order valence-corrected chi connectivity index (χ1v) is 16.6. The highest BCUT2D eigenvalue weighted by Gasteiger charge is 2.33. The van der Waals surface area contributed by atoms with Crippen molar-refractivity contribution < 1.29 is 29.4 Å². The maximum Gasteiger partial charge on any atom is 0.303 e. The van der Waals surface area contributed by atoms with Crippen molar-refractivity contribution in [2.24, 2.45) is 5.92 Å². The van der Waals surface area contributed by atoms with Crippen LogP contribution in [-0.4, -0.2) is 79.7 Å². The Morgan fingerprint density at radius 1 is 1.02 bits per heavy atom. The van der Waals surface area contributed by atoms with Crippen LogP contribution in [0.4, 0.5) is 5.69 Å². The molecule has 3 N–H and O–H groups in total. The summed E-state index contributed by atoms with van der Waals surface area (Å²) in [7, 11) is 0. The third-order valence-electron chi connectivity index (χ3n) is 8.60. The molecule has 3 aromatic rings. The SMILES string of the molecule is CCCCN(CCCC)C(=O)c1cc(C)n(-c2ccc(NC(=O)CC(C)CC(=O)O)cc2C(=O)N2CCc3ccccc3[C@H]2CO)n1. The van der Waals surface area contributed by atoms with Crippen molar-refractivity contribution in [3.8, 4) is 5.69 Å². The number of fused-ring (bicyclic) bond motifs is 1. The minimum Gasteiger partial charge on any atom is -0.481 e. The van der Waals surface area contributed by atoms with Crippen molar-refractivity contribution in [2.45, 2.75) is 78.7 Å². The molecule has 0 spiro atoms. The molecule has 3 amide bonds. The van der Waals surface area contributed by atoms with Crippen LogP contribution in [0.3, 0.4) is 0 Å². The van der Waals surface area contributed by atoms with Crippen molar-refractivity contribution in [1.82, 2.24) is 19.6 Å². The maximum absolute atomic E-state index is 14.4. The largest absolute Gasteiger partial charge is 0.481 e. The normalized spacial score (nSPS) is 14.7. The minimum atomic E-state index is -0.977. The summed E-state index contributed by atoms with van der Waals surface area (Å²) >= 11 is 0. The fourth-order valence-corrected chi connectivity index (χ4v) is 6.11. The van der Waals surface area contributed by atoms with E-state index in [0.29, 0.717) is 43.1 Å². The van der Waals surface area contributed by atoms with Crippen LogP contribution in [0.5, 0.6) is 0 Å². The summed E-state index contributed by atoms with van der Waals surface area (Å²) in [5.41, 5.74) is 3.97. The van der Waals surface area contributed by atoms with Gasteiger partial charge in [-0.2, -0.15) is 5.10 Å². The molecule has 2 atom stereocenters. The number of carbonyl (C=O) groups is 4. The van der Waals surface area contributed by atoms with Crippen LogP contribution in [0.25, 0.3) is 5.69 Å². The molecule has 0 radical (unpaired) electrons. The van der Waals surface area contributed by atoms with Crippen molar-refractivity contribution in [3.63, 3.8) is 0 Å². The Labute approximate surface area is 276 Å². The lowest BCUT2D eigenvalue weighted by Gasteiger charge is -2.36. The van der Waals surface area contributed by atoms with Gasteiger partial charge in [0.2, 0.25) is 5.91 Å². The molecule has 47 heavy (non-hydrogen) atoms. The zero-order chi connectivity index (χ0) is 34.1. The van der Waals surface area contributed by atoms with Gasteiger partial charge in [0.25, 0.3) is 11.8 Å². The number of amides is 3. The number of unbranched alkanes of at least 4 members (excludes halogenated alkanes) is 2. The van der Waals surface area contributed by atoms with Gasteiger partial charge >= 0.3 is 5.97 Å². The van der Waals surface area contributed by atoms with E-state index < -0.39 is 12.0 Å². The predicted octanol–water partition coefficient (Wildman–Crippen LogP) is 5.39. The third-order valence-corrected chi connectivity index (χ3v) is 8.60. The number of nitrogens with zero attached hydrogens (tertiary/aromatic N) is 4. The summed E-state index contributed by atoms with van der Waals surface area (Å²) in [4.78, 5) is 55.5. The number of aliphatic hydroxyl groups is 1. The summed E-state index contributed by atoms with van der Waals surface area (Å²) in [5.74, 6) is -2.22. The first kappa shape index (κ1) is 35.3. The Bertz CT molecular complexity index is 1580. The van der Waals surface area contributed by atoms with Gasteiger partial charge in [0.1, 0.15) is 0 Å². The fourth-order valence-electron chi connectivity index (χ4n) is 6.11. The van der Waals surface area contributed by atoms with E-state index in [2.05, 4.69) is 19.2 Å². The lowest BCUT2D eigenvalue weighted by molar-refractivity contribution is -0.138. The number of carboxylic acid groups (broad SMARTS) is 1. The molecule has 2 aromatic carbocycles. The molecule has 4 rings (SSSR count). The second-order valence-electron chi connectivity index (χ2n) is 12.4. The lowest BCUT2D eigenvalue weighted by atomic mass is 9.92. The van der Waals surface area contributed by atoms with E-state index in [1.54, 1.807) is 40.8 Å². The molecule has 11 nitrogen and oxygen atoms in total. The van der Waals surface area contributed by atoms with Gasteiger partial charge in [-0.1, -0.05) is 57.9 Å². The number of anilines is 1. The Morgan fingerprint density at radius 2 is 1.72 bits per heavy atom. The van der Waals surface area contributed by atoms with Crippen LogP contribution in [0.2, 0.25) is 0 Å². The van der Waals surface area contributed by atoms with E-state index >= 15 is 0 Å². The number of hydrogen-bond acceptors (Lipinski definition) is 6.